The van der Waals surface area contributed by atoms with Gasteiger partial charge in [-0.1, -0.05) is 26.0 Å². The monoisotopic (exact) mass is 352 g/mol. The molecule has 1 aromatic rings. The predicted molar refractivity (Wildman–Crippen MR) is 90.2 cm³/mol. The number of nitrogens with zero attached hydrogens (tertiary/aromatic N) is 2. The molecule has 0 spiro atoms. The minimum atomic E-state index is -3.62. The van der Waals surface area contributed by atoms with Gasteiger partial charge in [-0.3, -0.25) is 4.79 Å². The Kier molecular flexibility index (Phi) is 4.68. The largest absolute Gasteiger partial charge is 0.378 e. The van der Waals surface area contributed by atoms with Gasteiger partial charge in [0.05, 0.1) is 30.1 Å². The van der Waals surface area contributed by atoms with Crippen LogP contribution >= 0.6 is 0 Å². The molecular formula is C17H24N2O4S. The van der Waals surface area contributed by atoms with Crippen molar-refractivity contribution in [3.05, 3.63) is 29.8 Å². The summed E-state index contributed by atoms with van der Waals surface area (Å²) >= 11 is 0. The molecule has 2 heterocycles. The number of sulfonamides is 1. The third-order valence-electron chi connectivity index (χ3n) is 4.90. The molecule has 132 valence electrons. The normalized spacial score (nSPS) is 25.8. The topological polar surface area (TPSA) is 66.9 Å². The molecule has 0 aliphatic carbocycles. The number of likely N-dealkylation sites (N-methyl/N-ethyl adjacent to an activating group) is 1. The molecule has 1 aromatic carbocycles. The number of benzene rings is 1. The maximum atomic E-state index is 13.0. The second-order valence-electron chi connectivity index (χ2n) is 6.88. The molecule has 2 aliphatic rings. The highest BCUT2D eigenvalue weighted by Crippen LogP contribution is 2.26. The van der Waals surface area contributed by atoms with E-state index in [1.807, 2.05) is 12.1 Å². The number of hydrogen-bond acceptors (Lipinski definition) is 4. The van der Waals surface area contributed by atoms with Gasteiger partial charge in [-0.25, -0.2) is 8.42 Å². The van der Waals surface area contributed by atoms with E-state index >= 15 is 0 Å². The first-order valence-corrected chi connectivity index (χ1v) is 9.69. The molecule has 6 nitrogen and oxygen atoms in total. The van der Waals surface area contributed by atoms with Crippen LogP contribution in [-0.4, -0.2) is 62.9 Å². The number of ether oxygens (including phenoxy) is 1. The van der Waals surface area contributed by atoms with Gasteiger partial charge in [0, 0.05) is 20.1 Å². The summed E-state index contributed by atoms with van der Waals surface area (Å²) in [6.45, 7) is 5.23. The molecular weight excluding hydrogens is 328 g/mol. The third kappa shape index (κ3) is 3.08. The van der Waals surface area contributed by atoms with Crippen molar-refractivity contribution in [1.29, 1.82) is 0 Å². The summed E-state index contributed by atoms with van der Waals surface area (Å²) in [6.07, 6.45) is 0. The lowest BCUT2D eigenvalue weighted by atomic mass is 10.0. The van der Waals surface area contributed by atoms with Crippen LogP contribution in [0, 0.1) is 5.92 Å². The predicted octanol–water partition coefficient (Wildman–Crippen LogP) is 1.29. The lowest BCUT2D eigenvalue weighted by molar-refractivity contribution is -0.133. The van der Waals surface area contributed by atoms with Crippen LogP contribution in [0.25, 0.3) is 0 Å². The van der Waals surface area contributed by atoms with Crippen LogP contribution in [0.2, 0.25) is 0 Å². The minimum Gasteiger partial charge on any atom is -0.378 e. The Morgan fingerprint density at radius 2 is 1.79 bits per heavy atom. The Labute approximate surface area is 143 Å². The Morgan fingerprint density at radius 1 is 1.12 bits per heavy atom. The van der Waals surface area contributed by atoms with Crippen LogP contribution in [-0.2, 0) is 19.6 Å². The van der Waals surface area contributed by atoms with E-state index in [1.54, 1.807) is 24.1 Å². The summed E-state index contributed by atoms with van der Waals surface area (Å²) < 4.78 is 33.0. The van der Waals surface area contributed by atoms with Crippen molar-refractivity contribution in [2.24, 2.45) is 5.92 Å². The fraction of sp³-hybridized carbons (Fsp3) is 0.588. The van der Waals surface area contributed by atoms with Gasteiger partial charge in [0.1, 0.15) is 0 Å². The Hall–Kier alpha value is -1.44. The molecule has 2 aliphatic heterocycles. The first kappa shape index (κ1) is 17.4. The Balaban J connectivity index is 1.91. The summed E-state index contributed by atoms with van der Waals surface area (Å²) in [5, 5.41) is 0. The quantitative estimate of drug-likeness (QED) is 0.822. The molecule has 0 N–H and O–H groups in total. The average molecular weight is 352 g/mol. The fourth-order valence-corrected chi connectivity index (χ4v) is 4.75. The van der Waals surface area contributed by atoms with Crippen molar-refractivity contribution < 1.29 is 17.9 Å². The van der Waals surface area contributed by atoms with E-state index in [0.29, 0.717) is 12.5 Å². The second kappa shape index (κ2) is 6.46. The zero-order valence-electron chi connectivity index (χ0n) is 14.3. The minimum absolute atomic E-state index is 0.0367. The van der Waals surface area contributed by atoms with Gasteiger partial charge in [-0.2, -0.15) is 4.31 Å². The number of amides is 1. The van der Waals surface area contributed by atoms with Crippen LogP contribution in [0.15, 0.2) is 29.2 Å². The highest BCUT2D eigenvalue weighted by molar-refractivity contribution is 7.89. The van der Waals surface area contributed by atoms with Crippen molar-refractivity contribution in [3.63, 3.8) is 0 Å². The maximum absolute atomic E-state index is 13.0. The first-order chi connectivity index (χ1) is 11.3. The molecule has 0 aromatic heterocycles. The first-order valence-electron chi connectivity index (χ1n) is 8.25. The average Bonchev–Trinajstić information content (AvgIpc) is 2.73. The Morgan fingerprint density at radius 3 is 2.42 bits per heavy atom. The zero-order valence-corrected chi connectivity index (χ0v) is 15.1. The smallest absolute Gasteiger partial charge is 0.243 e. The third-order valence-corrected chi connectivity index (χ3v) is 6.74. The second-order valence-corrected chi connectivity index (χ2v) is 8.82. The molecule has 2 saturated heterocycles. The van der Waals surface area contributed by atoms with Crippen LogP contribution in [0.3, 0.4) is 0 Å². The lowest BCUT2D eigenvalue weighted by Crippen LogP contribution is -2.45. The number of rotatable bonds is 3. The van der Waals surface area contributed by atoms with E-state index in [2.05, 4.69) is 13.8 Å². The molecule has 0 radical (unpaired) electrons. The summed E-state index contributed by atoms with van der Waals surface area (Å²) in [5.41, 5.74) is 1.10. The summed E-state index contributed by atoms with van der Waals surface area (Å²) in [5.74, 6) is -0.125. The van der Waals surface area contributed by atoms with Gasteiger partial charge in [0.2, 0.25) is 15.9 Å². The van der Waals surface area contributed by atoms with Gasteiger partial charge < -0.3 is 9.64 Å². The van der Waals surface area contributed by atoms with E-state index in [0.717, 1.165) is 5.56 Å². The van der Waals surface area contributed by atoms with Gasteiger partial charge in [0.15, 0.2) is 0 Å². The zero-order chi connectivity index (χ0) is 17.5. The van der Waals surface area contributed by atoms with Crippen LogP contribution < -0.4 is 0 Å². The summed E-state index contributed by atoms with van der Waals surface area (Å²) in [4.78, 5) is 14.3. The fourth-order valence-electron chi connectivity index (χ4n) is 3.23. The molecule has 2 fully saturated rings. The maximum Gasteiger partial charge on any atom is 0.243 e. The highest BCUT2D eigenvalue weighted by atomic mass is 32.2. The van der Waals surface area contributed by atoms with Crippen molar-refractivity contribution in [2.45, 2.75) is 30.7 Å². The number of carbonyl (C=O) groups is 1. The molecule has 0 saturated carbocycles. The van der Waals surface area contributed by atoms with Crippen molar-refractivity contribution >= 4 is 15.9 Å². The summed E-state index contributed by atoms with van der Waals surface area (Å²) in [7, 11) is -1.89. The van der Waals surface area contributed by atoms with E-state index in [9.17, 15) is 13.2 Å². The molecule has 0 unspecified atom stereocenters. The molecule has 2 atom stereocenters. The van der Waals surface area contributed by atoms with Gasteiger partial charge >= 0.3 is 0 Å². The van der Waals surface area contributed by atoms with Crippen molar-refractivity contribution in [2.75, 3.05) is 33.4 Å². The van der Waals surface area contributed by atoms with Crippen LogP contribution in [0.1, 0.15) is 25.3 Å². The SMILES string of the molecule is CC(C)c1ccc(S(=O)(=O)N2C[C@@H]3COC[C@H](C2)N(C)C3=O)cc1. The number of hydrogen-bond donors (Lipinski definition) is 0. The highest BCUT2D eigenvalue weighted by Gasteiger charge is 2.41. The number of carbonyl (C=O) groups excluding carboxylic acids is 1. The van der Waals surface area contributed by atoms with Crippen LogP contribution in [0.4, 0.5) is 0 Å². The molecule has 2 bridgehead atoms. The van der Waals surface area contributed by atoms with E-state index in [-0.39, 0.29) is 36.5 Å². The molecule has 24 heavy (non-hydrogen) atoms. The van der Waals surface area contributed by atoms with Crippen molar-refractivity contribution in [1.82, 2.24) is 9.21 Å². The lowest BCUT2D eigenvalue weighted by Gasteiger charge is -2.28. The Bertz CT molecular complexity index is 715. The standard InChI is InChI=1S/C17H24N2O4S/c1-12(2)13-4-6-16(7-5-13)24(21,22)19-8-14-10-23-11-15(9-19)18(3)17(14)20/h4-7,12,14-15H,8-11H2,1-3H3/t14-,15+/m1/s1. The van der Waals surface area contributed by atoms with Gasteiger partial charge in [-0.05, 0) is 23.6 Å². The molecule has 7 heteroatoms. The van der Waals surface area contributed by atoms with E-state index in [1.165, 1.54) is 4.31 Å². The molecule has 3 rings (SSSR count). The number of fused-ring (bicyclic) bond motifs is 3. The van der Waals surface area contributed by atoms with Gasteiger partial charge in [0.25, 0.3) is 0 Å². The van der Waals surface area contributed by atoms with E-state index in [4.69, 9.17) is 4.74 Å². The summed E-state index contributed by atoms with van der Waals surface area (Å²) in [6, 6.07) is 6.79. The molecule has 1 amide bonds. The van der Waals surface area contributed by atoms with E-state index < -0.39 is 15.9 Å². The van der Waals surface area contributed by atoms with Crippen molar-refractivity contribution in [3.8, 4) is 0 Å². The van der Waals surface area contributed by atoms with Gasteiger partial charge in [-0.15, -0.1) is 0 Å². The van der Waals surface area contributed by atoms with Crippen LogP contribution in [0.5, 0.6) is 0 Å².